The Bertz CT molecular complexity index is 2080. The van der Waals surface area contributed by atoms with Crippen LogP contribution < -0.4 is 16.6 Å². The van der Waals surface area contributed by atoms with Crippen molar-refractivity contribution >= 4 is 33.8 Å². The lowest BCUT2D eigenvalue weighted by molar-refractivity contribution is 0.0951. The highest BCUT2D eigenvalue weighted by Crippen LogP contribution is 2.29. The number of carbonyl (C=O) groups is 2. The van der Waals surface area contributed by atoms with E-state index in [0.29, 0.717) is 35.2 Å². The fourth-order valence-corrected chi connectivity index (χ4v) is 5.52. The molecule has 3 aromatic carbocycles. The van der Waals surface area contributed by atoms with Crippen LogP contribution in [0.15, 0.2) is 71.7 Å². The van der Waals surface area contributed by atoms with Gasteiger partial charge >= 0.3 is 0 Å². The van der Waals surface area contributed by atoms with Crippen LogP contribution in [0, 0.1) is 13.8 Å². The summed E-state index contributed by atoms with van der Waals surface area (Å²) in [7, 11) is 0. The molecule has 10 heteroatoms. The van der Waals surface area contributed by atoms with Crippen LogP contribution in [0.1, 0.15) is 55.8 Å². The topological polar surface area (TPSA) is 152 Å². The third-order valence-electron chi connectivity index (χ3n) is 7.71. The number of nitrogens with one attached hydrogen (secondary N) is 3. The maximum atomic E-state index is 13.5. The summed E-state index contributed by atoms with van der Waals surface area (Å²) in [6, 6.07) is 19.2. The second-order valence-electron chi connectivity index (χ2n) is 10.7. The van der Waals surface area contributed by atoms with Gasteiger partial charge in [0, 0.05) is 36.2 Å². The summed E-state index contributed by atoms with van der Waals surface area (Å²) in [4.78, 5) is 48.5. The summed E-state index contributed by atoms with van der Waals surface area (Å²) in [6.07, 6.45) is 2.25. The van der Waals surface area contributed by atoms with Gasteiger partial charge in [0.1, 0.15) is 11.3 Å². The lowest BCUT2D eigenvalue weighted by Gasteiger charge is -2.12. The largest absolute Gasteiger partial charge is 0.366 e. The van der Waals surface area contributed by atoms with Gasteiger partial charge in [-0.15, -0.1) is 0 Å². The molecule has 0 aliphatic rings. The van der Waals surface area contributed by atoms with Crippen molar-refractivity contribution < 1.29 is 9.59 Å². The van der Waals surface area contributed by atoms with E-state index in [1.165, 1.54) is 0 Å². The number of amides is 2. The maximum Gasteiger partial charge on any atom is 0.253 e. The molecule has 10 nitrogen and oxygen atoms in total. The van der Waals surface area contributed by atoms with Crippen LogP contribution in [0.5, 0.6) is 0 Å². The van der Waals surface area contributed by atoms with Crippen molar-refractivity contribution in [3.8, 4) is 11.1 Å². The Morgan fingerprint density at radius 3 is 2.49 bits per heavy atom. The van der Waals surface area contributed by atoms with E-state index in [2.05, 4.69) is 25.4 Å². The molecule has 6 rings (SSSR count). The summed E-state index contributed by atoms with van der Waals surface area (Å²) in [5.41, 5.74) is 13.3. The minimum absolute atomic E-state index is 0.116. The number of benzene rings is 3. The lowest BCUT2D eigenvalue weighted by Crippen LogP contribution is -2.28. The van der Waals surface area contributed by atoms with Crippen LogP contribution >= 0.6 is 0 Å². The number of aromatic nitrogens is 5. The van der Waals surface area contributed by atoms with Crippen molar-refractivity contribution in [1.82, 2.24) is 30.0 Å². The first-order valence-corrected chi connectivity index (χ1v) is 14.1. The van der Waals surface area contributed by atoms with Crippen molar-refractivity contribution in [2.24, 2.45) is 5.73 Å². The number of aryl methyl sites for hydroxylation is 3. The summed E-state index contributed by atoms with van der Waals surface area (Å²) < 4.78 is 1.86. The number of para-hydroxylation sites is 1. The van der Waals surface area contributed by atoms with Crippen molar-refractivity contribution in [3.63, 3.8) is 0 Å². The van der Waals surface area contributed by atoms with Crippen LogP contribution in [0.25, 0.3) is 33.1 Å². The van der Waals surface area contributed by atoms with Crippen molar-refractivity contribution in [3.05, 3.63) is 117 Å². The Balaban J connectivity index is 1.29. The van der Waals surface area contributed by atoms with E-state index in [1.54, 1.807) is 18.3 Å². The van der Waals surface area contributed by atoms with Crippen LogP contribution in [0.3, 0.4) is 0 Å². The maximum absolute atomic E-state index is 13.5. The molecule has 0 aliphatic carbocycles. The molecule has 0 radical (unpaired) electrons. The monoisotopic (exact) mass is 573 g/mol. The molecule has 5 N–H and O–H groups in total. The third-order valence-corrected chi connectivity index (χ3v) is 7.71. The van der Waals surface area contributed by atoms with Crippen molar-refractivity contribution in [2.45, 2.75) is 40.3 Å². The van der Waals surface area contributed by atoms with Crippen LogP contribution in [0.4, 0.5) is 0 Å². The number of nitrogens with two attached hydrogens (primary N) is 1. The van der Waals surface area contributed by atoms with Gasteiger partial charge in [0.15, 0.2) is 0 Å². The predicted octanol–water partition coefficient (Wildman–Crippen LogP) is 4.52. The normalized spacial score (nSPS) is 11.3. The number of primary amides is 1. The van der Waals surface area contributed by atoms with Gasteiger partial charge in [-0.2, -0.15) is 5.10 Å². The van der Waals surface area contributed by atoms with Crippen LogP contribution in [-0.2, 0) is 19.5 Å². The summed E-state index contributed by atoms with van der Waals surface area (Å²) in [5, 5.41) is 8.17. The minimum atomic E-state index is -0.513. The first kappa shape index (κ1) is 27.6. The Kier molecular flexibility index (Phi) is 7.11. The zero-order valence-corrected chi connectivity index (χ0v) is 24.1. The first-order chi connectivity index (χ1) is 20.7. The number of carbonyl (C=O) groups excluding carboxylic acids is 2. The average Bonchev–Trinajstić information content (AvgIpc) is 3.59. The molecular weight excluding hydrogens is 542 g/mol. The standard InChI is InChI=1S/C33H31N7O3/c1-4-40-28-15-22(14-24(26(28)17-36-40)32(42)35-16-25-18(2)12-19(3)37-33(25)43)21-10-8-20(9-11-21)13-29-38-27-7-5-6-23(31(34)41)30(27)39-29/h5-12,14-15,17H,4,13,16H2,1-3H3,(H2,34,41)(H,35,42)(H,37,43)(H,38,39). The molecule has 0 saturated carbocycles. The second kappa shape index (κ2) is 11.1. The van der Waals surface area contributed by atoms with Gasteiger partial charge in [-0.1, -0.05) is 30.3 Å². The first-order valence-electron chi connectivity index (χ1n) is 14.1. The number of hydrogen-bond acceptors (Lipinski definition) is 5. The Morgan fingerprint density at radius 2 is 1.77 bits per heavy atom. The van der Waals surface area contributed by atoms with Gasteiger partial charge in [-0.25, -0.2) is 4.98 Å². The predicted molar refractivity (Wildman–Crippen MR) is 166 cm³/mol. The van der Waals surface area contributed by atoms with Crippen molar-refractivity contribution in [1.29, 1.82) is 0 Å². The zero-order chi connectivity index (χ0) is 30.2. The quantitative estimate of drug-likeness (QED) is 0.211. The molecule has 0 aliphatic heterocycles. The molecule has 216 valence electrons. The molecule has 6 aromatic rings. The average molecular weight is 574 g/mol. The fourth-order valence-electron chi connectivity index (χ4n) is 5.52. The van der Waals surface area contributed by atoms with Gasteiger partial charge in [0.05, 0.1) is 28.4 Å². The SMILES string of the molecule is CCn1ncc2c(C(=O)NCc3c(C)cc(C)[nH]c3=O)cc(-c3ccc(Cc4nc5c(C(N)=O)cccc5[nH]4)cc3)cc21. The lowest BCUT2D eigenvalue weighted by atomic mass is 9.98. The molecule has 3 aromatic heterocycles. The summed E-state index contributed by atoms with van der Waals surface area (Å²) in [6.45, 7) is 6.47. The molecule has 0 atom stereocenters. The van der Waals surface area contributed by atoms with E-state index in [0.717, 1.165) is 50.2 Å². The van der Waals surface area contributed by atoms with Gasteiger partial charge in [-0.3, -0.25) is 19.1 Å². The van der Waals surface area contributed by atoms with Gasteiger partial charge in [0.25, 0.3) is 17.4 Å². The van der Waals surface area contributed by atoms with Crippen molar-refractivity contribution in [2.75, 3.05) is 0 Å². The number of imidazole rings is 1. The highest BCUT2D eigenvalue weighted by Gasteiger charge is 2.17. The second-order valence-corrected chi connectivity index (χ2v) is 10.7. The molecule has 0 unspecified atom stereocenters. The molecular formula is C33H31N7O3. The highest BCUT2D eigenvalue weighted by molar-refractivity contribution is 6.08. The Labute approximate surface area is 247 Å². The van der Waals surface area contributed by atoms with Gasteiger partial charge in [-0.05, 0) is 73.4 Å². The van der Waals surface area contributed by atoms with Crippen LogP contribution in [0.2, 0.25) is 0 Å². The summed E-state index contributed by atoms with van der Waals surface area (Å²) >= 11 is 0. The number of pyridine rings is 1. The fraction of sp³-hybridized carbons (Fsp3) is 0.182. The molecule has 43 heavy (non-hydrogen) atoms. The van der Waals surface area contributed by atoms with Crippen LogP contribution in [-0.4, -0.2) is 36.5 Å². The molecule has 0 bridgehead atoms. The van der Waals surface area contributed by atoms with Gasteiger partial charge in [0.2, 0.25) is 0 Å². The number of nitrogens with zero attached hydrogens (tertiary/aromatic N) is 3. The smallest absolute Gasteiger partial charge is 0.253 e. The Hall–Kier alpha value is -5.51. The molecule has 0 fully saturated rings. The molecule has 2 amide bonds. The number of rotatable bonds is 8. The zero-order valence-electron chi connectivity index (χ0n) is 24.1. The molecule has 0 spiro atoms. The van der Waals surface area contributed by atoms with E-state index in [1.807, 2.05) is 74.0 Å². The number of hydrogen-bond donors (Lipinski definition) is 4. The minimum Gasteiger partial charge on any atom is -0.366 e. The van der Waals surface area contributed by atoms with E-state index in [9.17, 15) is 14.4 Å². The van der Waals surface area contributed by atoms with E-state index >= 15 is 0 Å². The summed E-state index contributed by atoms with van der Waals surface area (Å²) in [5.74, 6) is -0.0635. The third kappa shape index (κ3) is 5.30. The molecule has 0 saturated heterocycles. The number of aromatic amines is 2. The van der Waals surface area contributed by atoms with Gasteiger partial charge < -0.3 is 21.0 Å². The van der Waals surface area contributed by atoms with E-state index in [4.69, 9.17) is 5.73 Å². The van der Waals surface area contributed by atoms with E-state index in [-0.39, 0.29) is 18.0 Å². The molecule has 3 heterocycles. The highest BCUT2D eigenvalue weighted by atomic mass is 16.2. The number of H-pyrrole nitrogens is 2. The number of fused-ring (bicyclic) bond motifs is 2. The Morgan fingerprint density at radius 1 is 0.977 bits per heavy atom. The van der Waals surface area contributed by atoms with E-state index < -0.39 is 5.91 Å².